The van der Waals surface area contributed by atoms with Crippen LogP contribution in [0.25, 0.3) is 0 Å². The average Bonchev–Trinajstić information content (AvgIpc) is 2.26. The molecule has 1 aromatic carbocycles. The van der Waals surface area contributed by atoms with E-state index in [1.165, 1.54) is 12.1 Å². The van der Waals surface area contributed by atoms with Crippen molar-refractivity contribution in [3.63, 3.8) is 0 Å². The van der Waals surface area contributed by atoms with Gasteiger partial charge in [-0.3, -0.25) is 0 Å². The molecule has 5 N–H and O–H groups in total. The van der Waals surface area contributed by atoms with E-state index in [1.54, 1.807) is 13.0 Å². The molecule has 5 heteroatoms. The first-order valence-electron chi connectivity index (χ1n) is 4.87. The molecule has 1 rings (SSSR count). The molecule has 0 aromatic heterocycles. The van der Waals surface area contributed by atoms with Gasteiger partial charge in [0.15, 0.2) is 0 Å². The van der Waals surface area contributed by atoms with Crippen LogP contribution in [0.2, 0.25) is 0 Å². The quantitative estimate of drug-likeness (QED) is 0.579. The summed E-state index contributed by atoms with van der Waals surface area (Å²) in [6, 6.07) is 4.61. The van der Waals surface area contributed by atoms with Gasteiger partial charge in [-0.05, 0) is 18.6 Å². The van der Waals surface area contributed by atoms with Gasteiger partial charge in [-0.25, -0.2) is 4.79 Å². The Kier molecular flexibility index (Phi) is 4.00. The Labute approximate surface area is 93.1 Å². The van der Waals surface area contributed by atoms with Gasteiger partial charge in [-0.2, -0.15) is 0 Å². The maximum Gasteiger partial charge on any atom is 0.336 e. The third kappa shape index (κ3) is 2.57. The lowest BCUT2D eigenvalue weighted by Crippen LogP contribution is -2.28. The third-order valence-electron chi connectivity index (χ3n) is 2.36. The van der Waals surface area contributed by atoms with E-state index in [9.17, 15) is 15.0 Å². The summed E-state index contributed by atoms with van der Waals surface area (Å²) in [4.78, 5) is 11.0. The number of aryl methyl sites for hydroxylation is 1. The fraction of sp³-hybridized carbons (Fsp3) is 0.364. The van der Waals surface area contributed by atoms with Crippen molar-refractivity contribution in [1.29, 1.82) is 0 Å². The van der Waals surface area contributed by atoms with Crippen molar-refractivity contribution in [2.75, 3.05) is 6.54 Å². The van der Waals surface area contributed by atoms with Crippen LogP contribution in [0.4, 0.5) is 0 Å². The summed E-state index contributed by atoms with van der Waals surface area (Å²) in [5.41, 5.74) is 6.15. The van der Waals surface area contributed by atoms with Crippen LogP contribution in [-0.4, -0.2) is 33.9 Å². The van der Waals surface area contributed by atoms with Gasteiger partial charge in [0.05, 0.1) is 11.7 Å². The van der Waals surface area contributed by atoms with E-state index < -0.39 is 18.2 Å². The van der Waals surface area contributed by atoms with Gasteiger partial charge < -0.3 is 21.1 Å². The van der Waals surface area contributed by atoms with Crippen LogP contribution in [-0.2, 0) is 0 Å². The number of benzene rings is 1. The normalized spacial score (nSPS) is 14.5. The number of carboxylic acid groups (broad SMARTS) is 1. The number of nitrogens with two attached hydrogens (primary N) is 1. The first kappa shape index (κ1) is 12.6. The minimum absolute atomic E-state index is 0.0139. The van der Waals surface area contributed by atoms with Crippen LogP contribution in [0, 0.1) is 6.92 Å². The minimum Gasteiger partial charge on any atom is -0.478 e. The lowest BCUT2D eigenvalue weighted by molar-refractivity contribution is 0.0232. The standard InChI is InChI=1S/C11H15NO4/c1-6-2-3-7(8(4-6)11(15)16)10(14)9(13)5-12/h2-4,9-10,13-14H,5,12H2,1H3,(H,15,16). The summed E-state index contributed by atoms with van der Waals surface area (Å²) in [6.45, 7) is 1.62. The highest BCUT2D eigenvalue weighted by Crippen LogP contribution is 2.22. The summed E-state index contributed by atoms with van der Waals surface area (Å²) in [7, 11) is 0. The Hall–Kier alpha value is -1.43. The van der Waals surface area contributed by atoms with Crippen molar-refractivity contribution in [2.45, 2.75) is 19.1 Å². The Morgan fingerprint density at radius 3 is 2.56 bits per heavy atom. The summed E-state index contributed by atoms with van der Waals surface area (Å²) in [6.07, 6.45) is -2.45. The lowest BCUT2D eigenvalue weighted by Gasteiger charge is -2.18. The molecule has 16 heavy (non-hydrogen) atoms. The SMILES string of the molecule is Cc1ccc(C(O)C(O)CN)c(C(=O)O)c1. The molecule has 0 fully saturated rings. The van der Waals surface area contributed by atoms with E-state index in [2.05, 4.69) is 0 Å². The highest BCUT2D eigenvalue weighted by atomic mass is 16.4. The molecular formula is C11H15NO4. The molecule has 0 radical (unpaired) electrons. The van der Waals surface area contributed by atoms with Gasteiger partial charge in [0.1, 0.15) is 6.10 Å². The van der Waals surface area contributed by atoms with E-state index in [4.69, 9.17) is 10.8 Å². The Balaban J connectivity index is 3.17. The van der Waals surface area contributed by atoms with Crippen LogP contribution in [0.15, 0.2) is 18.2 Å². The predicted octanol–water partition coefficient (Wildman–Crippen LogP) is 0.0462. The molecule has 2 atom stereocenters. The van der Waals surface area contributed by atoms with Crippen molar-refractivity contribution in [2.24, 2.45) is 5.73 Å². The zero-order valence-electron chi connectivity index (χ0n) is 8.92. The van der Waals surface area contributed by atoms with Crippen LogP contribution < -0.4 is 5.73 Å². The van der Waals surface area contributed by atoms with Crippen molar-refractivity contribution < 1.29 is 20.1 Å². The lowest BCUT2D eigenvalue weighted by atomic mass is 9.97. The van der Waals surface area contributed by atoms with Crippen molar-refractivity contribution in [3.8, 4) is 0 Å². The number of aliphatic hydroxyl groups is 2. The molecule has 0 saturated heterocycles. The van der Waals surface area contributed by atoms with Gasteiger partial charge in [0.25, 0.3) is 0 Å². The van der Waals surface area contributed by atoms with Gasteiger partial charge in [-0.1, -0.05) is 17.7 Å². The second-order valence-electron chi connectivity index (χ2n) is 3.64. The molecule has 1 aromatic rings. The first-order valence-corrected chi connectivity index (χ1v) is 4.87. The van der Waals surface area contributed by atoms with Crippen molar-refractivity contribution in [3.05, 3.63) is 34.9 Å². The fourth-order valence-electron chi connectivity index (χ4n) is 1.45. The number of aliphatic hydroxyl groups excluding tert-OH is 2. The van der Waals surface area contributed by atoms with Crippen molar-refractivity contribution in [1.82, 2.24) is 0 Å². The summed E-state index contributed by atoms with van der Waals surface area (Å²) < 4.78 is 0. The number of rotatable bonds is 4. The van der Waals surface area contributed by atoms with Crippen LogP contribution in [0.3, 0.4) is 0 Å². The molecule has 0 aliphatic rings. The number of hydrogen-bond acceptors (Lipinski definition) is 4. The summed E-state index contributed by atoms with van der Waals surface area (Å²) in [5, 5.41) is 28.1. The number of hydrogen-bond donors (Lipinski definition) is 4. The van der Waals surface area contributed by atoms with E-state index in [-0.39, 0.29) is 17.7 Å². The molecule has 88 valence electrons. The van der Waals surface area contributed by atoms with E-state index in [0.29, 0.717) is 0 Å². The number of carbonyl (C=O) groups is 1. The molecule has 0 bridgehead atoms. The van der Waals surface area contributed by atoms with Crippen LogP contribution in [0.1, 0.15) is 27.6 Å². The third-order valence-corrected chi connectivity index (χ3v) is 2.36. The molecule has 0 aliphatic carbocycles. The average molecular weight is 225 g/mol. The maximum absolute atomic E-state index is 11.0. The molecule has 2 unspecified atom stereocenters. The summed E-state index contributed by atoms with van der Waals surface area (Å²) >= 11 is 0. The topological polar surface area (TPSA) is 104 Å². The Bertz CT molecular complexity index is 392. The van der Waals surface area contributed by atoms with Crippen molar-refractivity contribution >= 4 is 5.97 Å². The monoisotopic (exact) mass is 225 g/mol. The molecule has 5 nitrogen and oxygen atoms in total. The van der Waals surface area contributed by atoms with E-state index in [1.807, 2.05) is 0 Å². The van der Waals surface area contributed by atoms with Gasteiger partial charge in [0, 0.05) is 6.54 Å². The zero-order chi connectivity index (χ0) is 12.3. The molecule has 0 saturated carbocycles. The Morgan fingerprint density at radius 2 is 2.06 bits per heavy atom. The smallest absolute Gasteiger partial charge is 0.336 e. The largest absolute Gasteiger partial charge is 0.478 e. The highest BCUT2D eigenvalue weighted by Gasteiger charge is 2.22. The highest BCUT2D eigenvalue weighted by molar-refractivity contribution is 5.89. The van der Waals surface area contributed by atoms with Gasteiger partial charge in [-0.15, -0.1) is 0 Å². The first-order chi connectivity index (χ1) is 7.47. The second-order valence-corrected chi connectivity index (χ2v) is 3.64. The molecule has 0 amide bonds. The Morgan fingerprint density at radius 1 is 1.44 bits per heavy atom. The molecular weight excluding hydrogens is 210 g/mol. The second kappa shape index (κ2) is 5.07. The number of carboxylic acids is 1. The zero-order valence-corrected chi connectivity index (χ0v) is 8.92. The molecule has 0 spiro atoms. The van der Waals surface area contributed by atoms with E-state index in [0.717, 1.165) is 5.56 Å². The predicted molar refractivity (Wildman–Crippen MR) is 58.2 cm³/mol. The summed E-state index contributed by atoms with van der Waals surface area (Å²) in [5.74, 6) is -1.14. The van der Waals surface area contributed by atoms with Crippen LogP contribution >= 0.6 is 0 Å². The minimum atomic E-state index is -1.28. The van der Waals surface area contributed by atoms with Gasteiger partial charge >= 0.3 is 5.97 Å². The molecule has 0 aliphatic heterocycles. The number of aromatic carboxylic acids is 1. The fourth-order valence-corrected chi connectivity index (χ4v) is 1.45. The van der Waals surface area contributed by atoms with E-state index >= 15 is 0 Å². The molecule has 0 heterocycles. The van der Waals surface area contributed by atoms with Crippen LogP contribution in [0.5, 0.6) is 0 Å². The maximum atomic E-state index is 11.0. The van der Waals surface area contributed by atoms with Gasteiger partial charge in [0.2, 0.25) is 0 Å².